The Labute approximate surface area is 345 Å². The molecule has 0 N–H and O–H groups in total. The molecule has 7 rings (SSSR count). The van der Waals surface area contributed by atoms with Gasteiger partial charge in [-0.2, -0.15) is 0 Å². The maximum Gasteiger partial charge on any atom is 0.164 e. The van der Waals surface area contributed by atoms with Gasteiger partial charge in [-0.3, -0.25) is 0 Å². The highest BCUT2D eigenvalue weighted by Gasteiger charge is 2.16. The molecule has 6 heteroatoms. The fourth-order valence-corrected chi connectivity index (χ4v) is 7.28. The lowest BCUT2D eigenvalue weighted by Gasteiger charge is -2.12. The van der Waals surface area contributed by atoms with Gasteiger partial charge in [-0.25, -0.2) is 29.9 Å². The molecule has 0 saturated heterocycles. The van der Waals surface area contributed by atoms with Gasteiger partial charge >= 0.3 is 0 Å². The van der Waals surface area contributed by atoms with Crippen LogP contribution in [0.1, 0.15) is 101 Å². The van der Waals surface area contributed by atoms with Gasteiger partial charge in [-0.05, 0) is 97.9 Å². The summed E-state index contributed by atoms with van der Waals surface area (Å²) in [6.07, 6.45) is 13.3. The molecule has 6 nitrogen and oxygen atoms in total. The number of nitrogens with zero attached hydrogens (tertiary/aromatic N) is 6. The molecule has 2 aromatic heterocycles. The van der Waals surface area contributed by atoms with E-state index in [1.165, 1.54) is 22.3 Å². The van der Waals surface area contributed by atoms with Crippen molar-refractivity contribution in [3.8, 4) is 68.3 Å². The van der Waals surface area contributed by atoms with Crippen molar-refractivity contribution in [2.45, 2.75) is 105 Å². The zero-order valence-corrected chi connectivity index (χ0v) is 34.7. The molecule has 5 aromatic carbocycles. The molecule has 0 bridgehead atoms. The van der Waals surface area contributed by atoms with Crippen molar-refractivity contribution in [3.05, 3.63) is 144 Å². The van der Waals surface area contributed by atoms with Crippen molar-refractivity contribution in [1.29, 1.82) is 0 Å². The molecular formula is C52H56N6. The van der Waals surface area contributed by atoms with Crippen molar-refractivity contribution in [3.63, 3.8) is 0 Å². The Hall–Kier alpha value is -5.88. The number of rotatable bonds is 18. The van der Waals surface area contributed by atoms with E-state index in [1.807, 2.05) is 0 Å². The molecule has 58 heavy (non-hydrogen) atoms. The Morgan fingerprint density at radius 3 is 0.724 bits per heavy atom. The first-order chi connectivity index (χ1) is 28.5. The van der Waals surface area contributed by atoms with Crippen molar-refractivity contribution >= 4 is 0 Å². The van der Waals surface area contributed by atoms with E-state index in [0.717, 1.165) is 110 Å². The fraction of sp³-hybridized carbons (Fsp3) is 0.308. The van der Waals surface area contributed by atoms with Gasteiger partial charge in [0.1, 0.15) is 0 Å². The quantitative estimate of drug-likeness (QED) is 0.0866. The summed E-state index contributed by atoms with van der Waals surface area (Å²) in [5.74, 6) is 3.97. The molecule has 0 fully saturated rings. The average Bonchev–Trinajstić information content (AvgIpc) is 3.29. The summed E-state index contributed by atoms with van der Waals surface area (Å²) in [7, 11) is 0. The minimum Gasteiger partial charge on any atom is -0.208 e. The molecule has 0 aliphatic carbocycles. The maximum atomic E-state index is 5.10. The number of benzene rings is 5. The van der Waals surface area contributed by atoms with Crippen LogP contribution in [0.15, 0.2) is 121 Å². The number of hydrogen-bond donors (Lipinski definition) is 0. The number of unbranched alkanes of at least 4 members (excludes halogenated alkanes) is 4. The van der Waals surface area contributed by atoms with E-state index in [2.05, 4.69) is 149 Å². The third kappa shape index (κ3) is 10.3. The van der Waals surface area contributed by atoms with Crippen LogP contribution in [0.25, 0.3) is 68.3 Å². The van der Waals surface area contributed by atoms with E-state index in [-0.39, 0.29) is 0 Å². The monoisotopic (exact) mass is 764 g/mol. The Morgan fingerprint density at radius 2 is 0.500 bits per heavy atom. The summed E-state index contributed by atoms with van der Waals surface area (Å²) < 4.78 is 0. The van der Waals surface area contributed by atoms with Gasteiger partial charge in [-0.15, -0.1) is 0 Å². The van der Waals surface area contributed by atoms with Crippen LogP contribution in [-0.4, -0.2) is 29.9 Å². The van der Waals surface area contributed by atoms with E-state index < -0.39 is 0 Å². The van der Waals surface area contributed by atoms with Crippen LogP contribution in [0.4, 0.5) is 0 Å². The van der Waals surface area contributed by atoms with Crippen molar-refractivity contribution in [1.82, 2.24) is 29.9 Å². The number of aryl methyl sites for hydroxylation is 4. The normalized spacial score (nSPS) is 11.2. The molecule has 294 valence electrons. The third-order valence-electron chi connectivity index (χ3n) is 10.7. The third-order valence-corrected chi connectivity index (χ3v) is 10.7. The summed E-state index contributed by atoms with van der Waals surface area (Å²) in [5, 5.41) is 0. The predicted octanol–water partition coefficient (Wildman–Crippen LogP) is 13.4. The van der Waals surface area contributed by atoms with Crippen LogP contribution in [0.3, 0.4) is 0 Å². The Morgan fingerprint density at radius 1 is 0.276 bits per heavy atom. The second-order valence-electron chi connectivity index (χ2n) is 15.4. The molecule has 0 unspecified atom stereocenters. The molecule has 0 aliphatic heterocycles. The second kappa shape index (κ2) is 20.0. The van der Waals surface area contributed by atoms with E-state index in [9.17, 15) is 0 Å². The van der Waals surface area contributed by atoms with Crippen molar-refractivity contribution < 1.29 is 0 Å². The molecule has 0 saturated carbocycles. The summed E-state index contributed by atoms with van der Waals surface area (Å²) in [4.78, 5) is 30.6. The van der Waals surface area contributed by atoms with E-state index in [0.29, 0.717) is 34.9 Å². The fourth-order valence-electron chi connectivity index (χ4n) is 7.28. The molecule has 2 heterocycles. The van der Waals surface area contributed by atoms with Gasteiger partial charge in [0.15, 0.2) is 34.9 Å². The van der Waals surface area contributed by atoms with Crippen LogP contribution in [0.5, 0.6) is 0 Å². The highest BCUT2D eigenvalue weighted by Crippen LogP contribution is 2.30. The van der Waals surface area contributed by atoms with Gasteiger partial charge in [0.2, 0.25) is 0 Å². The zero-order chi connectivity index (χ0) is 40.1. The lowest BCUT2D eigenvalue weighted by molar-refractivity contribution is 0.795. The molecule has 0 atom stereocenters. The molecular weight excluding hydrogens is 709 g/mol. The lowest BCUT2D eigenvalue weighted by Crippen LogP contribution is -2.02. The van der Waals surface area contributed by atoms with Crippen LogP contribution >= 0.6 is 0 Å². The molecule has 0 radical (unpaired) electrons. The van der Waals surface area contributed by atoms with Crippen LogP contribution in [0.2, 0.25) is 0 Å². The van der Waals surface area contributed by atoms with Gasteiger partial charge in [-0.1, -0.05) is 150 Å². The highest BCUT2D eigenvalue weighted by molar-refractivity contribution is 5.71. The highest BCUT2D eigenvalue weighted by atomic mass is 15.0. The summed E-state index contributed by atoms with van der Waals surface area (Å²) in [5.41, 5.74) is 11.0. The van der Waals surface area contributed by atoms with Crippen molar-refractivity contribution in [2.75, 3.05) is 0 Å². The van der Waals surface area contributed by atoms with E-state index in [4.69, 9.17) is 29.9 Å². The maximum absolute atomic E-state index is 5.10. The Kier molecular flexibility index (Phi) is 13.9. The van der Waals surface area contributed by atoms with Gasteiger partial charge in [0.05, 0.1) is 0 Å². The topological polar surface area (TPSA) is 77.3 Å². The van der Waals surface area contributed by atoms with Crippen molar-refractivity contribution in [2.24, 2.45) is 0 Å². The SMILES string of the molecule is CCCCc1cccc(-c2nc(-c3ccc(-c4nc(-c5cccc(CCCC)c5)nc(-c5cccc(CCCC)c5)n4)cc3)nc(-c3cccc(CCCC)c3)n2)c1. The predicted molar refractivity (Wildman–Crippen MR) is 240 cm³/mol. The van der Waals surface area contributed by atoms with Crippen LogP contribution in [0, 0.1) is 0 Å². The first-order valence-electron chi connectivity index (χ1n) is 21.5. The smallest absolute Gasteiger partial charge is 0.164 e. The van der Waals surface area contributed by atoms with E-state index in [1.54, 1.807) is 0 Å². The minimum absolute atomic E-state index is 0.634. The van der Waals surface area contributed by atoms with Gasteiger partial charge < -0.3 is 0 Å². The first-order valence-corrected chi connectivity index (χ1v) is 21.5. The summed E-state index contributed by atoms with van der Waals surface area (Å²) in [6.45, 7) is 8.92. The number of aromatic nitrogens is 6. The largest absolute Gasteiger partial charge is 0.208 e. The Bertz CT molecular complexity index is 2110. The van der Waals surface area contributed by atoms with Gasteiger partial charge in [0, 0.05) is 33.4 Å². The minimum atomic E-state index is 0.634. The summed E-state index contributed by atoms with van der Waals surface area (Å²) in [6, 6.07) is 42.9. The first kappa shape index (κ1) is 40.3. The number of hydrogen-bond acceptors (Lipinski definition) is 6. The van der Waals surface area contributed by atoms with Gasteiger partial charge in [0.25, 0.3) is 0 Å². The lowest BCUT2D eigenvalue weighted by atomic mass is 10.0. The zero-order valence-electron chi connectivity index (χ0n) is 34.7. The van der Waals surface area contributed by atoms with Crippen LogP contribution < -0.4 is 0 Å². The van der Waals surface area contributed by atoms with E-state index >= 15 is 0 Å². The molecule has 0 amide bonds. The van der Waals surface area contributed by atoms with Crippen LogP contribution in [-0.2, 0) is 25.7 Å². The standard InChI is InChI=1S/C52H56N6/c1-5-9-17-37-21-13-25-43(33-37)49-53-47(54-50(57-49)44-26-14-22-38(34-44)18-10-6-2)41-29-31-42(32-30-41)48-55-51(45-27-15-23-39(35-45)19-11-7-3)58-52(56-48)46-28-16-24-40(36-46)20-12-8-4/h13-16,21-36H,5-12,17-20H2,1-4H3. The molecule has 0 spiro atoms. The molecule has 0 aliphatic rings. The Balaban J connectivity index is 1.29. The molecule has 7 aromatic rings. The second-order valence-corrected chi connectivity index (χ2v) is 15.4. The summed E-state index contributed by atoms with van der Waals surface area (Å²) >= 11 is 0. The average molecular weight is 765 g/mol.